The van der Waals surface area contributed by atoms with E-state index in [0.717, 1.165) is 57.9 Å². The number of nitrogens with zero attached hydrogens (tertiary/aromatic N) is 4. The van der Waals surface area contributed by atoms with E-state index in [0.29, 0.717) is 12.3 Å². The maximum Gasteiger partial charge on any atom is 0.231 e. The van der Waals surface area contributed by atoms with E-state index in [4.69, 9.17) is 14.0 Å². The standard InChI is InChI=1S/C24H22N4O3S/c1-2-6-17(7-3-1)23-25-26-24(32-14-19-18-8-4-5-9-20(18)31-27-19)28(23)13-16-10-11-21-22(12-16)30-15-29-21/h1-3,6-7,10-12H,4-5,8-9,13-15H2. The fourth-order valence-electron chi connectivity index (χ4n) is 4.26. The van der Waals surface area contributed by atoms with Gasteiger partial charge in [-0.2, -0.15) is 0 Å². The molecule has 32 heavy (non-hydrogen) atoms. The third-order valence-electron chi connectivity index (χ3n) is 5.90. The van der Waals surface area contributed by atoms with Gasteiger partial charge in [0.1, 0.15) is 5.76 Å². The molecule has 0 unspecified atom stereocenters. The summed E-state index contributed by atoms with van der Waals surface area (Å²) in [6.45, 7) is 0.900. The zero-order valence-electron chi connectivity index (χ0n) is 17.5. The van der Waals surface area contributed by atoms with Gasteiger partial charge in [-0.1, -0.05) is 53.3 Å². The molecule has 0 spiro atoms. The lowest BCUT2D eigenvalue weighted by Gasteiger charge is -2.12. The van der Waals surface area contributed by atoms with E-state index >= 15 is 0 Å². The van der Waals surface area contributed by atoms with Crippen LogP contribution in [0.3, 0.4) is 0 Å². The smallest absolute Gasteiger partial charge is 0.231 e. The second-order valence-corrected chi connectivity index (χ2v) is 8.92. The summed E-state index contributed by atoms with van der Waals surface area (Å²) in [6.07, 6.45) is 4.42. The summed E-state index contributed by atoms with van der Waals surface area (Å²) in [5.41, 5.74) is 4.45. The molecule has 2 aromatic heterocycles. The van der Waals surface area contributed by atoms with Gasteiger partial charge in [-0.3, -0.25) is 4.57 Å². The SMILES string of the molecule is c1ccc(-c2nnc(SCc3noc4c3CCCC4)n2Cc2ccc3c(c2)OCO3)cc1. The van der Waals surface area contributed by atoms with Crippen LogP contribution in [0, 0.1) is 0 Å². The van der Waals surface area contributed by atoms with Crippen LogP contribution in [0.4, 0.5) is 0 Å². The molecular formula is C24H22N4O3S. The number of thioether (sulfide) groups is 1. The summed E-state index contributed by atoms with van der Waals surface area (Å²) in [5, 5.41) is 14.3. The lowest BCUT2D eigenvalue weighted by molar-refractivity contribution is 0.174. The number of aromatic nitrogens is 4. The molecule has 0 saturated heterocycles. The van der Waals surface area contributed by atoms with Crippen LogP contribution in [0.1, 0.15) is 35.4 Å². The lowest BCUT2D eigenvalue weighted by atomic mass is 9.97. The average molecular weight is 447 g/mol. The van der Waals surface area contributed by atoms with Gasteiger partial charge >= 0.3 is 0 Å². The van der Waals surface area contributed by atoms with Crippen molar-refractivity contribution >= 4 is 11.8 Å². The van der Waals surface area contributed by atoms with Gasteiger partial charge in [-0.05, 0) is 37.0 Å². The first-order valence-electron chi connectivity index (χ1n) is 10.8. The molecule has 2 aromatic carbocycles. The van der Waals surface area contributed by atoms with Crippen molar-refractivity contribution in [1.82, 2.24) is 19.9 Å². The van der Waals surface area contributed by atoms with E-state index in [2.05, 4.69) is 38.1 Å². The van der Waals surface area contributed by atoms with Gasteiger partial charge in [-0.25, -0.2) is 0 Å². The van der Waals surface area contributed by atoms with Crippen LogP contribution in [0.15, 0.2) is 58.2 Å². The van der Waals surface area contributed by atoms with Gasteiger partial charge in [0.15, 0.2) is 22.5 Å². The number of fused-ring (bicyclic) bond motifs is 2. The average Bonchev–Trinajstić information content (AvgIpc) is 3.57. The second-order valence-electron chi connectivity index (χ2n) is 7.97. The van der Waals surface area contributed by atoms with E-state index in [1.807, 2.05) is 30.3 Å². The van der Waals surface area contributed by atoms with E-state index in [9.17, 15) is 0 Å². The molecule has 162 valence electrons. The molecule has 0 saturated carbocycles. The Morgan fingerprint density at radius 2 is 1.81 bits per heavy atom. The van der Waals surface area contributed by atoms with E-state index in [1.54, 1.807) is 11.8 Å². The van der Waals surface area contributed by atoms with Gasteiger partial charge < -0.3 is 14.0 Å². The monoisotopic (exact) mass is 446 g/mol. The second kappa shape index (κ2) is 8.35. The zero-order valence-corrected chi connectivity index (χ0v) is 18.3. The van der Waals surface area contributed by atoms with Gasteiger partial charge in [0.25, 0.3) is 0 Å². The summed E-state index contributed by atoms with van der Waals surface area (Å²) in [4.78, 5) is 0. The fourth-order valence-corrected chi connectivity index (χ4v) is 5.15. The Hall–Kier alpha value is -3.26. The molecular weight excluding hydrogens is 424 g/mol. The van der Waals surface area contributed by atoms with Crippen LogP contribution in [0.5, 0.6) is 11.5 Å². The Bertz CT molecular complexity index is 1250. The van der Waals surface area contributed by atoms with E-state index in [-0.39, 0.29) is 6.79 Å². The normalized spacial score (nSPS) is 14.5. The molecule has 8 heteroatoms. The van der Waals surface area contributed by atoms with E-state index < -0.39 is 0 Å². The van der Waals surface area contributed by atoms with Gasteiger partial charge in [0.05, 0.1) is 12.2 Å². The highest BCUT2D eigenvalue weighted by Gasteiger charge is 2.22. The molecule has 0 atom stereocenters. The van der Waals surface area contributed by atoms with Gasteiger partial charge in [0.2, 0.25) is 6.79 Å². The Labute approximate surface area is 189 Å². The minimum Gasteiger partial charge on any atom is -0.454 e. The van der Waals surface area contributed by atoms with Crippen molar-refractivity contribution in [3.8, 4) is 22.9 Å². The van der Waals surface area contributed by atoms with Crippen molar-refractivity contribution in [2.75, 3.05) is 6.79 Å². The van der Waals surface area contributed by atoms with Crippen LogP contribution < -0.4 is 9.47 Å². The number of benzene rings is 2. The quantitative estimate of drug-likeness (QED) is 0.391. The van der Waals surface area contributed by atoms with Crippen LogP contribution in [0.25, 0.3) is 11.4 Å². The molecule has 3 heterocycles. The summed E-state index contributed by atoms with van der Waals surface area (Å²) < 4.78 is 18.8. The van der Waals surface area contributed by atoms with Crippen molar-refractivity contribution in [2.24, 2.45) is 0 Å². The van der Waals surface area contributed by atoms with Crippen LogP contribution in [0.2, 0.25) is 0 Å². The minimum absolute atomic E-state index is 0.268. The minimum atomic E-state index is 0.268. The third kappa shape index (κ3) is 3.64. The van der Waals surface area contributed by atoms with Crippen LogP contribution >= 0.6 is 11.8 Å². The summed E-state index contributed by atoms with van der Waals surface area (Å²) in [5.74, 6) is 4.17. The maximum atomic E-state index is 5.59. The highest BCUT2D eigenvalue weighted by Crippen LogP contribution is 2.34. The summed E-state index contributed by atoms with van der Waals surface area (Å²) in [7, 11) is 0. The Morgan fingerprint density at radius 1 is 0.938 bits per heavy atom. The molecule has 0 N–H and O–H groups in total. The number of hydrogen-bond donors (Lipinski definition) is 0. The van der Waals surface area contributed by atoms with Gasteiger partial charge in [-0.15, -0.1) is 10.2 Å². The van der Waals surface area contributed by atoms with Crippen molar-refractivity contribution in [1.29, 1.82) is 0 Å². The summed E-state index contributed by atoms with van der Waals surface area (Å²) in [6, 6.07) is 16.2. The highest BCUT2D eigenvalue weighted by molar-refractivity contribution is 7.98. The molecule has 4 aromatic rings. The molecule has 6 rings (SSSR count). The largest absolute Gasteiger partial charge is 0.454 e. The van der Waals surface area contributed by atoms with Crippen LogP contribution in [-0.4, -0.2) is 26.7 Å². The fraction of sp³-hybridized carbons (Fsp3) is 0.292. The molecule has 7 nitrogen and oxygen atoms in total. The van der Waals surface area contributed by atoms with Crippen molar-refractivity contribution in [2.45, 2.75) is 43.1 Å². The highest BCUT2D eigenvalue weighted by atomic mass is 32.2. The first-order chi connectivity index (χ1) is 15.8. The number of rotatable bonds is 6. The first kappa shape index (κ1) is 19.4. The predicted octanol–water partition coefficient (Wildman–Crippen LogP) is 4.88. The Balaban J connectivity index is 1.31. The topological polar surface area (TPSA) is 75.2 Å². The predicted molar refractivity (Wildman–Crippen MR) is 120 cm³/mol. The molecule has 0 amide bonds. The van der Waals surface area contributed by atoms with E-state index in [1.165, 1.54) is 18.4 Å². The summed E-state index contributed by atoms with van der Waals surface area (Å²) >= 11 is 1.65. The lowest BCUT2D eigenvalue weighted by Crippen LogP contribution is -2.05. The zero-order chi connectivity index (χ0) is 21.3. The molecule has 1 aliphatic heterocycles. The maximum absolute atomic E-state index is 5.59. The van der Waals surface area contributed by atoms with Crippen molar-refractivity contribution < 1.29 is 14.0 Å². The first-order valence-corrected chi connectivity index (χ1v) is 11.8. The molecule has 1 aliphatic carbocycles. The van der Waals surface area contributed by atoms with Crippen LogP contribution in [-0.2, 0) is 25.1 Å². The number of aryl methyl sites for hydroxylation is 1. The van der Waals surface area contributed by atoms with Gasteiger partial charge in [0, 0.05) is 23.3 Å². The Kier molecular flexibility index (Phi) is 5.07. The van der Waals surface area contributed by atoms with Crippen molar-refractivity contribution in [3.05, 3.63) is 71.1 Å². The molecule has 0 bridgehead atoms. The number of hydrogen-bond acceptors (Lipinski definition) is 7. The Morgan fingerprint density at radius 3 is 2.75 bits per heavy atom. The molecule has 0 radical (unpaired) electrons. The third-order valence-corrected chi connectivity index (χ3v) is 6.87. The number of ether oxygens (including phenoxy) is 2. The van der Waals surface area contributed by atoms with Crippen molar-refractivity contribution in [3.63, 3.8) is 0 Å². The molecule has 2 aliphatic rings. The molecule has 0 fully saturated rings.